The van der Waals surface area contributed by atoms with Crippen molar-refractivity contribution in [2.24, 2.45) is 5.92 Å². The first-order valence-electron chi connectivity index (χ1n) is 8.15. The van der Waals surface area contributed by atoms with E-state index in [1.54, 1.807) is 12.1 Å². The number of nitrogens with one attached hydrogen (secondary N) is 2. The molecule has 7 heteroatoms. The van der Waals surface area contributed by atoms with E-state index in [-0.39, 0.29) is 35.9 Å². The van der Waals surface area contributed by atoms with Crippen molar-refractivity contribution in [2.75, 3.05) is 13.1 Å². The smallest absolute Gasteiger partial charge is 0.287 e. The monoisotopic (exact) mass is 346 g/mol. The predicted molar refractivity (Wildman–Crippen MR) is 87.5 cm³/mol. The van der Waals surface area contributed by atoms with E-state index in [1.165, 1.54) is 24.3 Å². The van der Waals surface area contributed by atoms with E-state index in [2.05, 4.69) is 10.6 Å². The van der Waals surface area contributed by atoms with Crippen LogP contribution in [0, 0.1) is 11.7 Å². The minimum absolute atomic E-state index is 0.0486. The minimum atomic E-state index is -0.353. The summed E-state index contributed by atoms with van der Waals surface area (Å²) in [7, 11) is 0. The highest BCUT2D eigenvalue weighted by Gasteiger charge is 2.29. The van der Waals surface area contributed by atoms with Gasteiger partial charge in [-0.15, -0.1) is 0 Å². The summed E-state index contributed by atoms with van der Waals surface area (Å²) < 4.78 is 23.7. The Bertz CT molecular complexity index is 738. The fraction of sp³-hybridized carbons (Fsp3) is 0.333. The number of amides is 2. The van der Waals surface area contributed by atoms with E-state index in [1.807, 2.05) is 0 Å². The Morgan fingerprint density at radius 3 is 2.52 bits per heavy atom. The lowest BCUT2D eigenvalue weighted by atomic mass is 10.3. The fourth-order valence-electron chi connectivity index (χ4n) is 2.20. The van der Waals surface area contributed by atoms with Gasteiger partial charge in [0.15, 0.2) is 5.76 Å². The number of benzene rings is 1. The molecule has 1 aromatic carbocycles. The van der Waals surface area contributed by atoms with E-state index in [9.17, 15) is 14.0 Å². The highest BCUT2D eigenvalue weighted by Crippen LogP contribution is 2.28. The average molecular weight is 346 g/mol. The summed E-state index contributed by atoms with van der Waals surface area (Å²) >= 11 is 0. The summed E-state index contributed by atoms with van der Waals surface area (Å²) in [4.78, 5) is 23.4. The molecule has 1 aliphatic rings. The number of carbonyl (C=O) groups excluding carboxylic acids is 2. The first-order chi connectivity index (χ1) is 12.1. The van der Waals surface area contributed by atoms with Crippen LogP contribution in [0.25, 0.3) is 0 Å². The van der Waals surface area contributed by atoms with Gasteiger partial charge in [0.05, 0.1) is 0 Å². The maximum Gasteiger partial charge on any atom is 0.287 e. The van der Waals surface area contributed by atoms with Gasteiger partial charge in [-0.1, -0.05) is 0 Å². The van der Waals surface area contributed by atoms with Crippen molar-refractivity contribution in [2.45, 2.75) is 19.4 Å². The van der Waals surface area contributed by atoms with Gasteiger partial charge in [0, 0.05) is 19.0 Å². The number of carbonyl (C=O) groups is 2. The second-order valence-corrected chi connectivity index (χ2v) is 5.83. The molecule has 1 saturated carbocycles. The Kier molecular flexibility index (Phi) is 5.33. The van der Waals surface area contributed by atoms with Gasteiger partial charge < -0.3 is 19.8 Å². The second kappa shape index (κ2) is 7.83. The van der Waals surface area contributed by atoms with Crippen LogP contribution in [0.15, 0.2) is 40.8 Å². The molecule has 25 heavy (non-hydrogen) atoms. The Morgan fingerprint density at radius 2 is 1.80 bits per heavy atom. The molecule has 3 rings (SSSR count). The third-order valence-electron chi connectivity index (χ3n) is 3.74. The highest BCUT2D eigenvalue weighted by molar-refractivity contribution is 5.91. The van der Waals surface area contributed by atoms with E-state index in [0.29, 0.717) is 24.6 Å². The van der Waals surface area contributed by atoms with Crippen LogP contribution in [-0.4, -0.2) is 24.9 Å². The van der Waals surface area contributed by atoms with Gasteiger partial charge in [0.1, 0.15) is 23.9 Å². The lowest BCUT2D eigenvalue weighted by Gasteiger charge is -2.05. The van der Waals surface area contributed by atoms with Gasteiger partial charge in [0.25, 0.3) is 5.91 Å². The topological polar surface area (TPSA) is 80.6 Å². The van der Waals surface area contributed by atoms with Crippen molar-refractivity contribution in [3.63, 3.8) is 0 Å². The standard InChI is InChI=1S/C18H19FN2O4/c19-13-3-5-14(6-4-13)24-11-15-7-8-16(25-15)18(23)21-10-9-20-17(22)12-1-2-12/h3-8,12H,1-2,9-11H2,(H,20,22)(H,21,23). The van der Waals surface area contributed by atoms with Gasteiger partial charge in [-0.2, -0.15) is 0 Å². The largest absolute Gasteiger partial charge is 0.486 e. The lowest BCUT2D eigenvalue weighted by molar-refractivity contribution is -0.122. The molecule has 2 aromatic rings. The zero-order chi connectivity index (χ0) is 17.6. The third-order valence-corrected chi connectivity index (χ3v) is 3.74. The van der Waals surface area contributed by atoms with Crippen LogP contribution in [0.3, 0.4) is 0 Å². The van der Waals surface area contributed by atoms with E-state index in [4.69, 9.17) is 9.15 Å². The molecule has 1 fully saturated rings. The van der Waals surface area contributed by atoms with Crippen molar-refractivity contribution in [1.82, 2.24) is 10.6 Å². The molecule has 1 aromatic heterocycles. The molecule has 132 valence electrons. The normalized spacial score (nSPS) is 13.3. The SMILES string of the molecule is O=C(NCCNC(=O)C1CC1)c1ccc(COc2ccc(F)cc2)o1. The van der Waals surface area contributed by atoms with Crippen molar-refractivity contribution in [3.05, 3.63) is 53.7 Å². The summed E-state index contributed by atoms with van der Waals surface area (Å²) in [5.74, 6) is 0.682. The van der Waals surface area contributed by atoms with Crippen LogP contribution < -0.4 is 15.4 Å². The third kappa shape index (κ3) is 5.07. The molecule has 2 N–H and O–H groups in total. The van der Waals surface area contributed by atoms with E-state index >= 15 is 0 Å². The number of halogens is 1. The minimum Gasteiger partial charge on any atom is -0.486 e. The molecule has 2 amide bonds. The number of furan rings is 1. The summed E-state index contributed by atoms with van der Waals surface area (Å²) in [6, 6.07) is 8.84. The summed E-state index contributed by atoms with van der Waals surface area (Å²) in [6.45, 7) is 0.859. The van der Waals surface area contributed by atoms with Gasteiger partial charge in [-0.3, -0.25) is 9.59 Å². The van der Waals surface area contributed by atoms with E-state index in [0.717, 1.165) is 12.8 Å². The summed E-state index contributed by atoms with van der Waals surface area (Å²) in [5, 5.41) is 5.45. The number of hydrogen-bond acceptors (Lipinski definition) is 4. The van der Waals surface area contributed by atoms with Crippen LogP contribution in [-0.2, 0) is 11.4 Å². The number of rotatable bonds is 8. The number of ether oxygens (including phenoxy) is 1. The lowest BCUT2D eigenvalue weighted by Crippen LogP contribution is -2.35. The molecule has 0 radical (unpaired) electrons. The maximum absolute atomic E-state index is 12.8. The quantitative estimate of drug-likeness (QED) is 0.719. The molecule has 1 heterocycles. The highest BCUT2D eigenvalue weighted by atomic mass is 19.1. The van der Waals surface area contributed by atoms with Crippen LogP contribution in [0.4, 0.5) is 4.39 Å². The fourth-order valence-corrected chi connectivity index (χ4v) is 2.20. The number of hydrogen-bond donors (Lipinski definition) is 2. The Labute approximate surface area is 144 Å². The average Bonchev–Trinajstić information content (AvgIpc) is 3.36. The second-order valence-electron chi connectivity index (χ2n) is 5.83. The van der Waals surface area contributed by atoms with Gasteiger partial charge >= 0.3 is 0 Å². The summed E-state index contributed by atoms with van der Waals surface area (Å²) in [6.07, 6.45) is 1.90. The van der Waals surface area contributed by atoms with Crippen molar-refractivity contribution in [3.8, 4) is 5.75 Å². The molecule has 0 atom stereocenters. The molecule has 1 aliphatic carbocycles. The molecule has 6 nitrogen and oxygen atoms in total. The van der Waals surface area contributed by atoms with Crippen molar-refractivity contribution in [1.29, 1.82) is 0 Å². The first kappa shape index (κ1) is 17.0. The van der Waals surface area contributed by atoms with Gasteiger partial charge in [0.2, 0.25) is 5.91 Å². The molecule has 0 bridgehead atoms. The predicted octanol–water partition coefficient (Wildman–Crippen LogP) is 2.25. The van der Waals surface area contributed by atoms with Crippen LogP contribution in [0.5, 0.6) is 5.75 Å². The van der Waals surface area contributed by atoms with E-state index < -0.39 is 0 Å². The zero-order valence-corrected chi connectivity index (χ0v) is 13.6. The molecule has 0 aliphatic heterocycles. The Balaban J connectivity index is 1.39. The Morgan fingerprint density at radius 1 is 1.08 bits per heavy atom. The maximum atomic E-state index is 12.8. The first-order valence-corrected chi connectivity index (χ1v) is 8.15. The Hall–Kier alpha value is -2.83. The van der Waals surface area contributed by atoms with Gasteiger partial charge in [-0.05, 0) is 49.2 Å². The molecule has 0 spiro atoms. The molecule has 0 saturated heterocycles. The van der Waals surface area contributed by atoms with Crippen LogP contribution >= 0.6 is 0 Å². The zero-order valence-electron chi connectivity index (χ0n) is 13.6. The van der Waals surface area contributed by atoms with Gasteiger partial charge in [-0.25, -0.2) is 4.39 Å². The molecular formula is C18H19FN2O4. The van der Waals surface area contributed by atoms with Crippen LogP contribution in [0.2, 0.25) is 0 Å². The van der Waals surface area contributed by atoms with Crippen molar-refractivity contribution >= 4 is 11.8 Å². The van der Waals surface area contributed by atoms with Crippen LogP contribution in [0.1, 0.15) is 29.2 Å². The molecular weight excluding hydrogens is 327 g/mol. The molecule has 0 unspecified atom stereocenters. The van der Waals surface area contributed by atoms with Crippen molar-refractivity contribution < 1.29 is 23.1 Å². The summed E-state index contributed by atoms with van der Waals surface area (Å²) in [5.41, 5.74) is 0.